The summed E-state index contributed by atoms with van der Waals surface area (Å²) in [6.45, 7) is 1.73. The second kappa shape index (κ2) is 5.61. The number of rotatable bonds is 6. The van der Waals surface area contributed by atoms with E-state index in [9.17, 15) is 9.90 Å². The van der Waals surface area contributed by atoms with Crippen molar-refractivity contribution in [1.82, 2.24) is 10.6 Å². The van der Waals surface area contributed by atoms with Gasteiger partial charge in [-0.15, -0.1) is 0 Å². The van der Waals surface area contributed by atoms with Crippen LogP contribution in [0.4, 0.5) is 0 Å². The van der Waals surface area contributed by atoms with Crippen molar-refractivity contribution in [2.45, 2.75) is 43.9 Å². The molecule has 1 heterocycles. The fraction of sp³-hybridized carbons (Fsp3) is 0.909. The molecule has 2 atom stereocenters. The Morgan fingerprint density at radius 2 is 2.19 bits per heavy atom. The fourth-order valence-electron chi connectivity index (χ4n) is 1.80. The number of carbonyl (C=O) groups excluding carboxylic acids is 1. The van der Waals surface area contributed by atoms with Crippen LogP contribution in [-0.4, -0.2) is 49.0 Å². The molecular formula is C11H20N2O3. The van der Waals surface area contributed by atoms with Gasteiger partial charge in [0.2, 0.25) is 5.91 Å². The van der Waals surface area contributed by atoms with Crippen LogP contribution in [0.5, 0.6) is 0 Å². The van der Waals surface area contributed by atoms with E-state index < -0.39 is 6.10 Å². The first-order chi connectivity index (χ1) is 7.75. The molecule has 2 rings (SSSR count). The lowest BCUT2D eigenvalue weighted by Gasteiger charge is -2.13. The van der Waals surface area contributed by atoms with E-state index in [1.807, 2.05) is 0 Å². The first-order valence-corrected chi connectivity index (χ1v) is 6.04. The summed E-state index contributed by atoms with van der Waals surface area (Å²) in [5.74, 6) is 0.146. The highest BCUT2D eigenvalue weighted by Crippen LogP contribution is 2.18. The Labute approximate surface area is 95.5 Å². The van der Waals surface area contributed by atoms with Gasteiger partial charge in [0.1, 0.15) is 0 Å². The molecule has 1 saturated heterocycles. The van der Waals surface area contributed by atoms with Gasteiger partial charge in [0.15, 0.2) is 0 Å². The smallest absolute Gasteiger partial charge is 0.220 e. The molecule has 1 aliphatic carbocycles. The van der Waals surface area contributed by atoms with Crippen LogP contribution >= 0.6 is 0 Å². The van der Waals surface area contributed by atoms with Crippen LogP contribution < -0.4 is 10.6 Å². The molecule has 16 heavy (non-hydrogen) atoms. The third kappa shape index (κ3) is 3.73. The minimum absolute atomic E-state index is 0.0338. The molecule has 1 saturated carbocycles. The Balaban J connectivity index is 1.49. The molecule has 5 nitrogen and oxygen atoms in total. The highest BCUT2D eigenvalue weighted by Gasteiger charge is 2.25. The molecule has 0 aromatic carbocycles. The predicted octanol–water partition coefficient (Wildman–Crippen LogP) is -0.605. The van der Waals surface area contributed by atoms with E-state index in [1.54, 1.807) is 0 Å². The highest BCUT2D eigenvalue weighted by atomic mass is 16.5. The van der Waals surface area contributed by atoms with E-state index in [0.717, 1.165) is 25.8 Å². The van der Waals surface area contributed by atoms with Gasteiger partial charge in [0.25, 0.3) is 0 Å². The lowest BCUT2D eigenvalue weighted by atomic mass is 10.2. The lowest BCUT2D eigenvalue weighted by Crippen LogP contribution is -2.39. The second-order valence-electron chi connectivity index (χ2n) is 4.61. The van der Waals surface area contributed by atoms with Crippen LogP contribution in [0.1, 0.15) is 25.7 Å². The quantitative estimate of drug-likeness (QED) is 0.531. The van der Waals surface area contributed by atoms with E-state index in [1.165, 1.54) is 0 Å². The van der Waals surface area contributed by atoms with Crippen molar-refractivity contribution in [2.75, 3.05) is 19.8 Å². The van der Waals surface area contributed by atoms with Crippen LogP contribution in [0.25, 0.3) is 0 Å². The maximum Gasteiger partial charge on any atom is 0.220 e. The fourth-order valence-corrected chi connectivity index (χ4v) is 1.80. The van der Waals surface area contributed by atoms with Gasteiger partial charge in [-0.1, -0.05) is 0 Å². The molecule has 1 amide bonds. The topological polar surface area (TPSA) is 70.6 Å². The van der Waals surface area contributed by atoms with Gasteiger partial charge in [0, 0.05) is 12.5 Å². The molecule has 0 spiro atoms. The zero-order valence-electron chi connectivity index (χ0n) is 9.45. The molecule has 2 unspecified atom stereocenters. The van der Waals surface area contributed by atoms with Crippen LogP contribution in [0.15, 0.2) is 0 Å². The monoisotopic (exact) mass is 228 g/mol. The van der Waals surface area contributed by atoms with E-state index in [2.05, 4.69) is 10.6 Å². The average molecular weight is 228 g/mol. The summed E-state index contributed by atoms with van der Waals surface area (Å²) in [6.07, 6.45) is 3.24. The van der Waals surface area contributed by atoms with Gasteiger partial charge in [-0.05, 0) is 25.8 Å². The van der Waals surface area contributed by atoms with Crippen LogP contribution in [-0.2, 0) is 9.53 Å². The van der Waals surface area contributed by atoms with Crippen LogP contribution in [0.3, 0.4) is 0 Å². The number of hydrogen-bond acceptors (Lipinski definition) is 4. The van der Waals surface area contributed by atoms with Gasteiger partial charge in [0.05, 0.1) is 25.4 Å². The number of ether oxygens (including phenoxy) is 1. The first kappa shape index (κ1) is 11.8. The number of carbonyl (C=O) groups is 1. The standard InChI is InChI=1S/C11H20N2O3/c14-10-7-16-6-9(10)12-5-1-2-11(15)13-8-3-4-8/h8-10,12,14H,1-7H2,(H,13,15). The summed E-state index contributed by atoms with van der Waals surface area (Å²) in [4.78, 5) is 11.3. The van der Waals surface area contributed by atoms with Crippen molar-refractivity contribution in [2.24, 2.45) is 0 Å². The van der Waals surface area contributed by atoms with Gasteiger partial charge >= 0.3 is 0 Å². The van der Waals surface area contributed by atoms with Crippen LogP contribution in [0.2, 0.25) is 0 Å². The zero-order chi connectivity index (χ0) is 11.4. The summed E-state index contributed by atoms with van der Waals surface area (Å²) >= 11 is 0. The van der Waals surface area contributed by atoms with Crippen molar-refractivity contribution in [1.29, 1.82) is 0 Å². The number of amides is 1. The molecule has 92 valence electrons. The lowest BCUT2D eigenvalue weighted by molar-refractivity contribution is -0.121. The summed E-state index contributed by atoms with van der Waals surface area (Å²) in [7, 11) is 0. The minimum atomic E-state index is -0.403. The molecule has 5 heteroatoms. The van der Waals surface area contributed by atoms with Crippen molar-refractivity contribution in [3.8, 4) is 0 Å². The second-order valence-corrected chi connectivity index (χ2v) is 4.61. The summed E-state index contributed by atoms with van der Waals surface area (Å²) in [5, 5.41) is 15.6. The number of aliphatic hydroxyl groups excluding tert-OH is 1. The Morgan fingerprint density at radius 3 is 2.81 bits per heavy atom. The van der Waals surface area contributed by atoms with Gasteiger partial charge < -0.3 is 20.5 Å². The molecule has 2 aliphatic rings. The summed E-state index contributed by atoms with van der Waals surface area (Å²) in [6, 6.07) is 0.483. The average Bonchev–Trinajstić information content (AvgIpc) is 2.96. The van der Waals surface area contributed by atoms with Gasteiger partial charge in [-0.2, -0.15) is 0 Å². The van der Waals surface area contributed by atoms with E-state index in [4.69, 9.17) is 4.74 Å². The van der Waals surface area contributed by atoms with Crippen molar-refractivity contribution < 1.29 is 14.6 Å². The molecule has 0 aromatic heterocycles. The normalized spacial score (nSPS) is 29.3. The van der Waals surface area contributed by atoms with Gasteiger partial charge in [-0.3, -0.25) is 4.79 Å². The van der Waals surface area contributed by atoms with Gasteiger partial charge in [-0.25, -0.2) is 0 Å². The molecule has 3 N–H and O–H groups in total. The van der Waals surface area contributed by atoms with Crippen molar-refractivity contribution in [3.05, 3.63) is 0 Å². The third-order valence-corrected chi connectivity index (χ3v) is 2.98. The predicted molar refractivity (Wildman–Crippen MR) is 59.0 cm³/mol. The molecular weight excluding hydrogens is 208 g/mol. The SMILES string of the molecule is O=C(CCCNC1COCC1O)NC1CC1. The van der Waals surface area contributed by atoms with E-state index in [0.29, 0.717) is 25.7 Å². The maximum atomic E-state index is 11.3. The number of aliphatic hydroxyl groups is 1. The molecule has 0 aromatic rings. The van der Waals surface area contributed by atoms with E-state index >= 15 is 0 Å². The van der Waals surface area contributed by atoms with Crippen molar-refractivity contribution >= 4 is 5.91 Å². The third-order valence-electron chi connectivity index (χ3n) is 2.98. The largest absolute Gasteiger partial charge is 0.389 e. The Kier molecular flexibility index (Phi) is 4.15. The van der Waals surface area contributed by atoms with E-state index in [-0.39, 0.29) is 11.9 Å². The molecule has 2 fully saturated rings. The highest BCUT2D eigenvalue weighted by molar-refractivity contribution is 5.76. The van der Waals surface area contributed by atoms with Crippen molar-refractivity contribution in [3.63, 3.8) is 0 Å². The number of nitrogens with one attached hydrogen (secondary N) is 2. The zero-order valence-corrected chi connectivity index (χ0v) is 9.45. The summed E-state index contributed by atoms with van der Waals surface area (Å²) < 4.78 is 5.12. The minimum Gasteiger partial charge on any atom is -0.389 e. The maximum absolute atomic E-state index is 11.3. The number of hydrogen-bond donors (Lipinski definition) is 3. The first-order valence-electron chi connectivity index (χ1n) is 6.04. The summed E-state index contributed by atoms with van der Waals surface area (Å²) in [5.41, 5.74) is 0. The molecule has 0 radical (unpaired) electrons. The molecule has 1 aliphatic heterocycles. The molecule has 0 bridgehead atoms. The van der Waals surface area contributed by atoms with Crippen LogP contribution in [0, 0.1) is 0 Å². The Morgan fingerprint density at radius 1 is 1.38 bits per heavy atom. The Hall–Kier alpha value is -0.650. The Bertz CT molecular complexity index is 243.